The number of benzene rings is 1. The molecule has 0 saturated carbocycles. The number of ketones is 1. The van der Waals surface area contributed by atoms with E-state index in [1.807, 2.05) is 24.3 Å². The summed E-state index contributed by atoms with van der Waals surface area (Å²) in [7, 11) is 1.60. The van der Waals surface area contributed by atoms with Crippen molar-refractivity contribution in [2.24, 2.45) is 5.41 Å². The molecule has 0 amide bonds. The minimum Gasteiger partial charge on any atom is -0.497 e. The van der Waals surface area contributed by atoms with Gasteiger partial charge in [-0.05, 0) is 30.0 Å². The zero-order chi connectivity index (χ0) is 18.9. The molecule has 1 aromatic carbocycles. The maximum Gasteiger partial charge on any atom is 0.313 e. The van der Waals surface area contributed by atoms with Gasteiger partial charge in [-0.1, -0.05) is 26.0 Å². The van der Waals surface area contributed by atoms with Crippen molar-refractivity contribution < 1.29 is 23.5 Å². The largest absolute Gasteiger partial charge is 0.497 e. The molecule has 0 N–H and O–H groups in total. The second kappa shape index (κ2) is 6.98. The molecule has 1 heterocycles. The fourth-order valence-corrected chi connectivity index (χ4v) is 3.50. The number of ether oxygens (including phenoxy) is 2. The topological polar surface area (TPSA) is 65.7 Å². The summed E-state index contributed by atoms with van der Waals surface area (Å²) in [6.07, 6.45) is 1.14. The van der Waals surface area contributed by atoms with Crippen LogP contribution in [0, 0.1) is 5.41 Å². The molecule has 0 atom stereocenters. The van der Waals surface area contributed by atoms with Crippen LogP contribution in [0.15, 0.2) is 28.7 Å². The Balaban J connectivity index is 2.11. The zero-order valence-corrected chi connectivity index (χ0v) is 15.7. The SMILES string of the molecule is CCOC(=O)Cc1oc2c(c1-c1ccc(OC)cc1)C(=O)CC(C)(C)C2. The molecular weight excluding hydrogens is 332 g/mol. The third-order valence-corrected chi connectivity index (χ3v) is 4.60. The van der Waals surface area contributed by atoms with Gasteiger partial charge in [0.15, 0.2) is 5.78 Å². The van der Waals surface area contributed by atoms with Crippen LogP contribution in [0.4, 0.5) is 0 Å². The lowest BCUT2D eigenvalue weighted by Gasteiger charge is -2.27. The normalized spacial score (nSPS) is 15.5. The minimum absolute atomic E-state index is 0.00983. The number of carbonyl (C=O) groups excluding carboxylic acids is 2. The number of esters is 1. The molecule has 26 heavy (non-hydrogen) atoms. The van der Waals surface area contributed by atoms with Gasteiger partial charge in [-0.15, -0.1) is 0 Å². The molecule has 1 aromatic heterocycles. The first-order chi connectivity index (χ1) is 12.3. The van der Waals surface area contributed by atoms with E-state index in [9.17, 15) is 9.59 Å². The highest BCUT2D eigenvalue weighted by Gasteiger charge is 2.37. The highest BCUT2D eigenvalue weighted by Crippen LogP contribution is 2.43. The first kappa shape index (κ1) is 18.2. The van der Waals surface area contributed by atoms with Gasteiger partial charge >= 0.3 is 5.97 Å². The number of fused-ring (bicyclic) bond motifs is 1. The summed E-state index contributed by atoms with van der Waals surface area (Å²) in [5.41, 5.74) is 1.99. The van der Waals surface area contributed by atoms with Crippen LogP contribution in [0.25, 0.3) is 11.1 Å². The van der Waals surface area contributed by atoms with Crippen LogP contribution in [0.3, 0.4) is 0 Å². The molecule has 0 spiro atoms. The maximum atomic E-state index is 12.8. The molecular formula is C21H24O5. The fourth-order valence-electron chi connectivity index (χ4n) is 3.50. The lowest BCUT2D eigenvalue weighted by molar-refractivity contribution is -0.142. The summed E-state index contributed by atoms with van der Waals surface area (Å²) < 4.78 is 16.3. The van der Waals surface area contributed by atoms with Gasteiger partial charge in [0.1, 0.15) is 23.7 Å². The summed E-state index contributed by atoms with van der Waals surface area (Å²) >= 11 is 0. The number of rotatable bonds is 5. The number of furan rings is 1. The van der Waals surface area contributed by atoms with Crippen molar-refractivity contribution in [3.63, 3.8) is 0 Å². The highest BCUT2D eigenvalue weighted by molar-refractivity contribution is 6.05. The number of hydrogen-bond donors (Lipinski definition) is 0. The van der Waals surface area contributed by atoms with Crippen LogP contribution >= 0.6 is 0 Å². The average Bonchev–Trinajstić information content (AvgIpc) is 2.91. The third kappa shape index (κ3) is 3.52. The van der Waals surface area contributed by atoms with Crippen molar-refractivity contribution in [1.29, 1.82) is 0 Å². The van der Waals surface area contributed by atoms with Crippen LogP contribution in [0.2, 0.25) is 0 Å². The summed E-state index contributed by atoms with van der Waals surface area (Å²) in [6.45, 7) is 6.17. The van der Waals surface area contributed by atoms with Gasteiger partial charge in [-0.25, -0.2) is 0 Å². The van der Waals surface area contributed by atoms with Crippen molar-refractivity contribution in [1.82, 2.24) is 0 Å². The fraction of sp³-hybridized carbons (Fsp3) is 0.429. The third-order valence-electron chi connectivity index (χ3n) is 4.60. The Labute approximate surface area is 153 Å². The zero-order valence-electron chi connectivity index (χ0n) is 15.7. The predicted molar refractivity (Wildman–Crippen MR) is 97.5 cm³/mol. The van der Waals surface area contributed by atoms with Gasteiger partial charge < -0.3 is 13.9 Å². The van der Waals surface area contributed by atoms with Gasteiger partial charge in [0.05, 0.1) is 19.3 Å². The Morgan fingerprint density at radius 2 is 1.85 bits per heavy atom. The van der Waals surface area contributed by atoms with Crippen LogP contribution in [0.5, 0.6) is 5.75 Å². The molecule has 0 aliphatic heterocycles. The molecule has 5 heteroatoms. The minimum atomic E-state index is -0.361. The first-order valence-corrected chi connectivity index (χ1v) is 8.82. The maximum absolute atomic E-state index is 12.8. The van der Waals surface area contributed by atoms with Gasteiger partial charge in [0, 0.05) is 18.4 Å². The van der Waals surface area contributed by atoms with Gasteiger partial charge in [-0.3, -0.25) is 9.59 Å². The molecule has 0 unspecified atom stereocenters. The van der Waals surface area contributed by atoms with Crippen LogP contribution in [-0.4, -0.2) is 25.5 Å². The molecule has 0 fully saturated rings. The van der Waals surface area contributed by atoms with Gasteiger partial charge in [-0.2, -0.15) is 0 Å². The molecule has 0 radical (unpaired) electrons. The molecule has 0 bridgehead atoms. The summed E-state index contributed by atoms with van der Waals surface area (Å²) in [4.78, 5) is 24.9. The molecule has 5 nitrogen and oxygen atoms in total. The van der Waals surface area contributed by atoms with Gasteiger partial charge in [0.2, 0.25) is 0 Å². The predicted octanol–water partition coefficient (Wildman–Crippen LogP) is 4.22. The molecule has 138 valence electrons. The van der Waals surface area contributed by atoms with E-state index in [4.69, 9.17) is 13.9 Å². The summed E-state index contributed by atoms with van der Waals surface area (Å²) in [5.74, 6) is 1.58. The standard InChI is InChI=1S/C21H24O5/c1-5-25-18(23)10-16-19(13-6-8-14(24-4)9-7-13)20-15(22)11-21(2,3)12-17(20)26-16/h6-9H,5,10-12H2,1-4H3. The first-order valence-electron chi connectivity index (χ1n) is 8.82. The highest BCUT2D eigenvalue weighted by atomic mass is 16.5. The van der Waals surface area contributed by atoms with Crippen LogP contribution in [0.1, 0.15) is 49.1 Å². The second-order valence-electron chi connectivity index (χ2n) is 7.35. The summed E-state index contributed by atoms with van der Waals surface area (Å²) in [6, 6.07) is 7.43. The molecule has 3 rings (SSSR count). The van der Waals surface area contributed by atoms with E-state index in [1.165, 1.54) is 0 Å². The van der Waals surface area contributed by atoms with Crippen LogP contribution < -0.4 is 4.74 Å². The van der Waals surface area contributed by atoms with E-state index in [2.05, 4.69) is 13.8 Å². The van der Waals surface area contributed by atoms with E-state index in [0.717, 1.165) is 11.3 Å². The van der Waals surface area contributed by atoms with Crippen molar-refractivity contribution in [2.75, 3.05) is 13.7 Å². The quantitative estimate of drug-likeness (QED) is 0.751. The monoisotopic (exact) mass is 356 g/mol. The average molecular weight is 356 g/mol. The molecule has 1 aliphatic carbocycles. The number of methoxy groups -OCH3 is 1. The van der Waals surface area contributed by atoms with E-state index in [-0.39, 0.29) is 23.6 Å². The number of hydrogen-bond acceptors (Lipinski definition) is 5. The van der Waals surface area contributed by atoms with Gasteiger partial charge in [0.25, 0.3) is 0 Å². The Morgan fingerprint density at radius 1 is 1.15 bits per heavy atom. The van der Waals surface area contributed by atoms with Crippen molar-refractivity contribution in [3.8, 4) is 16.9 Å². The van der Waals surface area contributed by atoms with Crippen molar-refractivity contribution in [3.05, 3.63) is 41.3 Å². The second-order valence-corrected chi connectivity index (χ2v) is 7.35. The molecule has 1 aliphatic rings. The molecule has 2 aromatic rings. The Hall–Kier alpha value is -2.56. The number of carbonyl (C=O) groups is 2. The lowest BCUT2D eigenvalue weighted by atomic mass is 9.75. The van der Waals surface area contributed by atoms with Crippen molar-refractivity contribution >= 4 is 11.8 Å². The van der Waals surface area contributed by atoms with Crippen molar-refractivity contribution in [2.45, 2.75) is 40.0 Å². The smallest absolute Gasteiger partial charge is 0.313 e. The van der Waals surface area contributed by atoms with E-state index < -0.39 is 0 Å². The molecule has 0 saturated heterocycles. The Morgan fingerprint density at radius 3 is 2.46 bits per heavy atom. The lowest BCUT2D eigenvalue weighted by Crippen LogP contribution is -2.26. The summed E-state index contributed by atoms with van der Waals surface area (Å²) in [5, 5.41) is 0. The van der Waals surface area contributed by atoms with E-state index in [0.29, 0.717) is 42.1 Å². The number of Topliss-reactive ketones (excluding diaryl/α,β-unsaturated/α-hetero) is 1. The Kier molecular flexibility index (Phi) is 4.90. The van der Waals surface area contributed by atoms with Crippen LogP contribution in [-0.2, 0) is 22.4 Å². The van der Waals surface area contributed by atoms with E-state index >= 15 is 0 Å². The Bertz CT molecular complexity index is 827. The van der Waals surface area contributed by atoms with E-state index in [1.54, 1.807) is 14.0 Å².